The molecule has 0 saturated carbocycles. The van der Waals surface area contributed by atoms with Gasteiger partial charge in [0.1, 0.15) is 0 Å². The Morgan fingerprint density at radius 3 is 2.27 bits per heavy atom. The number of ether oxygens (including phenoxy) is 3. The molecule has 2 amide bonds. The van der Waals surface area contributed by atoms with Crippen LogP contribution in [0.15, 0.2) is 43.0 Å². The number of nitrogens with one attached hydrogen (secondary N) is 1. The molecule has 2 aromatic carbocycles. The SMILES string of the molecule is C=C1c2ccccc2C(=O)N1CCC(=O)Nc1cc(OC)c(OC)cc1C(=O)OC. The summed E-state index contributed by atoms with van der Waals surface area (Å²) in [7, 11) is 4.13. The lowest BCUT2D eigenvalue weighted by molar-refractivity contribution is -0.116. The van der Waals surface area contributed by atoms with Crippen molar-refractivity contribution < 1.29 is 28.6 Å². The fourth-order valence-electron chi connectivity index (χ4n) is 3.26. The Morgan fingerprint density at radius 1 is 1.03 bits per heavy atom. The maximum absolute atomic E-state index is 12.6. The minimum atomic E-state index is -0.634. The van der Waals surface area contributed by atoms with Crippen LogP contribution < -0.4 is 14.8 Å². The van der Waals surface area contributed by atoms with Gasteiger partial charge in [0, 0.05) is 41.9 Å². The van der Waals surface area contributed by atoms with Crippen molar-refractivity contribution in [1.82, 2.24) is 4.90 Å². The Bertz CT molecular complexity index is 995. The van der Waals surface area contributed by atoms with Crippen LogP contribution >= 0.6 is 0 Å². The molecule has 1 aliphatic rings. The topological polar surface area (TPSA) is 94.2 Å². The fraction of sp³-hybridized carbons (Fsp3) is 0.227. The van der Waals surface area contributed by atoms with Gasteiger partial charge in [-0.15, -0.1) is 0 Å². The number of methoxy groups -OCH3 is 3. The average Bonchev–Trinajstić information content (AvgIpc) is 3.01. The molecule has 1 N–H and O–H groups in total. The number of amides is 2. The van der Waals surface area contributed by atoms with Crippen LogP contribution in [0.5, 0.6) is 11.5 Å². The van der Waals surface area contributed by atoms with Gasteiger partial charge in [0.15, 0.2) is 11.5 Å². The van der Waals surface area contributed by atoms with E-state index in [1.165, 1.54) is 38.4 Å². The Labute approximate surface area is 174 Å². The number of benzene rings is 2. The summed E-state index contributed by atoms with van der Waals surface area (Å²) in [5.41, 5.74) is 2.23. The molecule has 0 spiro atoms. The number of esters is 1. The van der Waals surface area contributed by atoms with E-state index < -0.39 is 5.97 Å². The number of hydrogen-bond acceptors (Lipinski definition) is 6. The number of rotatable bonds is 7. The summed E-state index contributed by atoms with van der Waals surface area (Å²) in [4.78, 5) is 38.7. The van der Waals surface area contributed by atoms with Crippen LogP contribution in [-0.4, -0.2) is 50.6 Å². The van der Waals surface area contributed by atoms with E-state index in [1.807, 2.05) is 12.1 Å². The first-order valence-corrected chi connectivity index (χ1v) is 9.15. The van der Waals surface area contributed by atoms with Gasteiger partial charge in [-0.05, 0) is 6.07 Å². The molecule has 8 heteroatoms. The minimum Gasteiger partial charge on any atom is -0.493 e. The zero-order valence-corrected chi connectivity index (χ0v) is 17.0. The first-order valence-electron chi connectivity index (χ1n) is 9.15. The molecule has 8 nitrogen and oxygen atoms in total. The van der Waals surface area contributed by atoms with Crippen molar-refractivity contribution in [3.05, 3.63) is 59.7 Å². The van der Waals surface area contributed by atoms with Crippen molar-refractivity contribution >= 4 is 29.2 Å². The monoisotopic (exact) mass is 410 g/mol. The number of carbonyl (C=O) groups is 3. The van der Waals surface area contributed by atoms with Gasteiger partial charge in [-0.1, -0.05) is 24.8 Å². The molecule has 1 aliphatic heterocycles. The zero-order valence-electron chi connectivity index (χ0n) is 17.0. The Kier molecular flexibility index (Phi) is 6.06. The summed E-state index contributed by atoms with van der Waals surface area (Å²) in [5, 5.41) is 2.68. The van der Waals surface area contributed by atoms with E-state index in [2.05, 4.69) is 11.9 Å². The third-order valence-electron chi connectivity index (χ3n) is 4.80. The van der Waals surface area contributed by atoms with Crippen molar-refractivity contribution in [1.29, 1.82) is 0 Å². The first-order chi connectivity index (χ1) is 14.4. The van der Waals surface area contributed by atoms with Crippen molar-refractivity contribution in [2.75, 3.05) is 33.2 Å². The van der Waals surface area contributed by atoms with E-state index in [0.29, 0.717) is 22.8 Å². The quantitative estimate of drug-likeness (QED) is 0.706. The molecular weight excluding hydrogens is 388 g/mol. The number of nitrogens with zero attached hydrogens (tertiary/aromatic N) is 1. The predicted molar refractivity (Wildman–Crippen MR) is 111 cm³/mol. The van der Waals surface area contributed by atoms with E-state index in [4.69, 9.17) is 14.2 Å². The highest BCUT2D eigenvalue weighted by Gasteiger charge is 2.30. The van der Waals surface area contributed by atoms with Gasteiger partial charge in [-0.2, -0.15) is 0 Å². The molecule has 0 saturated heterocycles. The molecule has 3 rings (SSSR count). The summed E-state index contributed by atoms with van der Waals surface area (Å²) >= 11 is 0. The molecule has 1 heterocycles. The summed E-state index contributed by atoms with van der Waals surface area (Å²) in [6, 6.07) is 10.1. The van der Waals surface area contributed by atoms with Crippen molar-refractivity contribution in [2.24, 2.45) is 0 Å². The average molecular weight is 410 g/mol. The highest BCUT2D eigenvalue weighted by molar-refractivity contribution is 6.09. The van der Waals surface area contributed by atoms with Gasteiger partial charge in [0.25, 0.3) is 5.91 Å². The third-order valence-corrected chi connectivity index (χ3v) is 4.80. The van der Waals surface area contributed by atoms with Crippen molar-refractivity contribution in [3.8, 4) is 11.5 Å². The maximum atomic E-state index is 12.6. The van der Waals surface area contributed by atoms with Crippen LogP contribution in [0.25, 0.3) is 5.70 Å². The predicted octanol–water partition coefficient (Wildman–Crippen LogP) is 2.95. The maximum Gasteiger partial charge on any atom is 0.340 e. The van der Waals surface area contributed by atoms with E-state index in [0.717, 1.165) is 5.56 Å². The van der Waals surface area contributed by atoms with E-state index in [9.17, 15) is 14.4 Å². The highest BCUT2D eigenvalue weighted by Crippen LogP contribution is 2.34. The summed E-state index contributed by atoms with van der Waals surface area (Å²) in [6.45, 7) is 4.11. The van der Waals surface area contributed by atoms with Crippen LogP contribution in [0.4, 0.5) is 5.69 Å². The molecule has 0 atom stereocenters. The van der Waals surface area contributed by atoms with Crippen molar-refractivity contribution in [2.45, 2.75) is 6.42 Å². The van der Waals surface area contributed by atoms with Crippen LogP contribution in [0.1, 0.15) is 32.7 Å². The number of hydrogen-bond donors (Lipinski definition) is 1. The Hall–Kier alpha value is -3.81. The summed E-state index contributed by atoms with van der Waals surface area (Å²) in [6.07, 6.45) is 0.00764. The second kappa shape index (κ2) is 8.69. The summed E-state index contributed by atoms with van der Waals surface area (Å²) < 4.78 is 15.2. The molecule has 0 radical (unpaired) electrons. The number of fused-ring (bicyclic) bond motifs is 1. The van der Waals surface area contributed by atoms with Crippen LogP contribution in [-0.2, 0) is 9.53 Å². The lowest BCUT2D eigenvalue weighted by Gasteiger charge is -2.18. The van der Waals surface area contributed by atoms with Gasteiger partial charge in [-0.25, -0.2) is 4.79 Å². The molecule has 0 fully saturated rings. The van der Waals surface area contributed by atoms with Crippen LogP contribution in [0.3, 0.4) is 0 Å². The second-order valence-electron chi connectivity index (χ2n) is 6.49. The first kappa shape index (κ1) is 20.9. The molecule has 156 valence electrons. The van der Waals surface area contributed by atoms with Gasteiger partial charge in [0.2, 0.25) is 5.91 Å². The standard InChI is InChI=1S/C22H22N2O6/c1-13-14-7-5-6-8-15(14)21(26)24(13)10-9-20(25)23-17-12-19(29-3)18(28-2)11-16(17)22(27)30-4/h5-8,11-12H,1,9-10H2,2-4H3,(H,23,25). The van der Waals surface area contributed by atoms with Crippen LogP contribution in [0.2, 0.25) is 0 Å². The molecule has 0 aliphatic carbocycles. The fourth-order valence-corrected chi connectivity index (χ4v) is 3.26. The Morgan fingerprint density at radius 2 is 1.67 bits per heavy atom. The van der Waals surface area contributed by atoms with Gasteiger partial charge < -0.3 is 24.4 Å². The minimum absolute atomic E-state index is 0.00764. The van der Waals surface area contributed by atoms with E-state index in [-0.39, 0.29) is 36.0 Å². The lowest BCUT2D eigenvalue weighted by atomic mass is 10.1. The number of carbonyl (C=O) groups excluding carboxylic acids is 3. The van der Waals surface area contributed by atoms with Gasteiger partial charge in [0.05, 0.1) is 32.6 Å². The van der Waals surface area contributed by atoms with Gasteiger partial charge >= 0.3 is 5.97 Å². The number of anilines is 1. The van der Waals surface area contributed by atoms with E-state index in [1.54, 1.807) is 12.1 Å². The summed E-state index contributed by atoms with van der Waals surface area (Å²) in [5.74, 6) is -0.537. The molecular formula is C22H22N2O6. The lowest BCUT2D eigenvalue weighted by Crippen LogP contribution is -2.27. The normalized spacial score (nSPS) is 12.4. The molecule has 2 aromatic rings. The molecule has 0 bridgehead atoms. The molecule has 0 unspecified atom stereocenters. The zero-order chi connectivity index (χ0) is 21.8. The Balaban J connectivity index is 1.74. The van der Waals surface area contributed by atoms with E-state index >= 15 is 0 Å². The van der Waals surface area contributed by atoms with Crippen LogP contribution in [0, 0.1) is 0 Å². The highest BCUT2D eigenvalue weighted by atomic mass is 16.5. The largest absolute Gasteiger partial charge is 0.493 e. The van der Waals surface area contributed by atoms with Gasteiger partial charge in [-0.3, -0.25) is 9.59 Å². The third kappa shape index (κ3) is 3.84. The smallest absolute Gasteiger partial charge is 0.340 e. The molecule has 30 heavy (non-hydrogen) atoms. The van der Waals surface area contributed by atoms with Crippen molar-refractivity contribution in [3.63, 3.8) is 0 Å². The second-order valence-corrected chi connectivity index (χ2v) is 6.49. The molecule has 0 aromatic heterocycles.